The van der Waals surface area contributed by atoms with E-state index in [1.807, 2.05) is 19.1 Å². The number of nitrogens with two attached hydrogens (primary N) is 1. The molecule has 0 saturated heterocycles. The highest BCUT2D eigenvalue weighted by Gasteiger charge is 2.19. The molecule has 3 rings (SSSR count). The number of benzene rings is 1. The van der Waals surface area contributed by atoms with E-state index in [1.54, 1.807) is 0 Å². The van der Waals surface area contributed by atoms with E-state index in [0.29, 0.717) is 0 Å². The van der Waals surface area contributed by atoms with Gasteiger partial charge >= 0.3 is 0 Å². The summed E-state index contributed by atoms with van der Waals surface area (Å²) in [6.07, 6.45) is 4.03. The van der Waals surface area contributed by atoms with Gasteiger partial charge in [0.25, 0.3) is 0 Å². The minimum Gasteiger partial charge on any atom is -0.397 e. The zero-order valence-electron chi connectivity index (χ0n) is 10.7. The van der Waals surface area contributed by atoms with Crippen molar-refractivity contribution in [3.8, 4) is 11.3 Å². The largest absolute Gasteiger partial charge is 0.397 e. The molecule has 1 aromatic heterocycles. The molecule has 18 heavy (non-hydrogen) atoms. The zero-order valence-corrected chi connectivity index (χ0v) is 10.7. The molecule has 0 bridgehead atoms. The predicted octanol–water partition coefficient (Wildman–Crippen LogP) is 3.91. The van der Waals surface area contributed by atoms with Gasteiger partial charge in [0.15, 0.2) is 0 Å². The molecule has 0 unspecified atom stereocenters. The van der Waals surface area contributed by atoms with Crippen LogP contribution in [0.15, 0.2) is 36.4 Å². The second-order valence-corrected chi connectivity index (χ2v) is 5.12. The molecular formula is C16H18N2. The summed E-state index contributed by atoms with van der Waals surface area (Å²) >= 11 is 0. The van der Waals surface area contributed by atoms with Gasteiger partial charge in [-0.15, -0.1) is 0 Å². The fourth-order valence-corrected chi connectivity index (χ4v) is 2.43. The van der Waals surface area contributed by atoms with E-state index in [0.717, 1.165) is 23.0 Å². The molecule has 2 aromatic rings. The third-order valence-electron chi connectivity index (χ3n) is 3.89. The van der Waals surface area contributed by atoms with Crippen LogP contribution in [0.4, 0.5) is 5.69 Å². The van der Waals surface area contributed by atoms with E-state index in [9.17, 15) is 0 Å². The molecule has 0 spiro atoms. The van der Waals surface area contributed by atoms with Crippen LogP contribution in [-0.2, 0) is 0 Å². The molecule has 2 nitrogen and oxygen atoms in total. The smallest absolute Gasteiger partial charge is 0.0706 e. The number of aryl methyl sites for hydroxylation is 1. The van der Waals surface area contributed by atoms with Crippen molar-refractivity contribution in [2.45, 2.75) is 32.1 Å². The Balaban J connectivity index is 1.97. The maximum absolute atomic E-state index is 5.81. The fraction of sp³-hybridized carbons (Fsp3) is 0.312. The lowest BCUT2D eigenvalue weighted by molar-refractivity contribution is 0.420. The number of pyridine rings is 1. The first-order valence-electron chi connectivity index (χ1n) is 6.57. The number of nitrogens with zero attached hydrogens (tertiary/aromatic N) is 1. The van der Waals surface area contributed by atoms with Crippen molar-refractivity contribution in [2.24, 2.45) is 0 Å². The molecule has 0 aliphatic heterocycles. The van der Waals surface area contributed by atoms with Crippen LogP contribution in [0.1, 0.15) is 36.4 Å². The molecule has 0 radical (unpaired) electrons. The Morgan fingerprint density at radius 2 is 2.00 bits per heavy atom. The average Bonchev–Trinajstić information content (AvgIpc) is 2.31. The van der Waals surface area contributed by atoms with Crippen molar-refractivity contribution >= 4 is 5.69 Å². The minimum absolute atomic E-state index is 0.758. The standard InChI is InChI=1S/C16H18N2/c1-11-15(17)8-9-16(18-11)14-7-3-6-13(10-14)12-4-2-5-12/h3,6-10,12H,2,4-5,17H2,1H3. The van der Waals surface area contributed by atoms with E-state index >= 15 is 0 Å². The maximum atomic E-state index is 5.81. The first-order chi connectivity index (χ1) is 8.74. The number of rotatable bonds is 2. The van der Waals surface area contributed by atoms with E-state index in [-0.39, 0.29) is 0 Å². The molecule has 1 heterocycles. The van der Waals surface area contributed by atoms with E-state index in [2.05, 4.69) is 29.2 Å². The molecule has 92 valence electrons. The molecule has 1 saturated carbocycles. The van der Waals surface area contributed by atoms with Gasteiger partial charge in [0.2, 0.25) is 0 Å². The molecule has 0 atom stereocenters. The third kappa shape index (κ3) is 1.99. The highest BCUT2D eigenvalue weighted by atomic mass is 14.7. The summed E-state index contributed by atoms with van der Waals surface area (Å²) in [6.45, 7) is 1.95. The van der Waals surface area contributed by atoms with Crippen LogP contribution in [0, 0.1) is 6.92 Å². The number of hydrogen-bond donors (Lipinski definition) is 1. The van der Waals surface area contributed by atoms with Crippen LogP contribution in [0.5, 0.6) is 0 Å². The summed E-state index contributed by atoms with van der Waals surface area (Å²) in [5.74, 6) is 0.764. The van der Waals surface area contributed by atoms with Gasteiger partial charge in [0, 0.05) is 5.56 Å². The van der Waals surface area contributed by atoms with Gasteiger partial charge in [0.1, 0.15) is 0 Å². The maximum Gasteiger partial charge on any atom is 0.0706 e. The number of hydrogen-bond acceptors (Lipinski definition) is 2. The van der Waals surface area contributed by atoms with Crippen molar-refractivity contribution in [3.05, 3.63) is 47.7 Å². The topological polar surface area (TPSA) is 38.9 Å². The summed E-state index contributed by atoms with van der Waals surface area (Å²) in [5.41, 5.74) is 11.1. The lowest BCUT2D eigenvalue weighted by atomic mass is 9.79. The first-order valence-corrected chi connectivity index (χ1v) is 6.57. The van der Waals surface area contributed by atoms with Crippen molar-refractivity contribution in [3.63, 3.8) is 0 Å². The van der Waals surface area contributed by atoms with Gasteiger partial charge in [-0.25, -0.2) is 0 Å². The van der Waals surface area contributed by atoms with E-state index < -0.39 is 0 Å². The van der Waals surface area contributed by atoms with Crippen LogP contribution in [-0.4, -0.2) is 4.98 Å². The van der Waals surface area contributed by atoms with Gasteiger partial charge in [0.05, 0.1) is 17.1 Å². The normalized spacial score (nSPS) is 15.4. The number of anilines is 1. The minimum atomic E-state index is 0.758. The van der Waals surface area contributed by atoms with Gasteiger partial charge in [-0.05, 0) is 49.4 Å². The zero-order chi connectivity index (χ0) is 12.5. The third-order valence-corrected chi connectivity index (χ3v) is 3.89. The van der Waals surface area contributed by atoms with Crippen LogP contribution in [0.25, 0.3) is 11.3 Å². The Morgan fingerprint density at radius 1 is 1.17 bits per heavy atom. The van der Waals surface area contributed by atoms with Crippen molar-refractivity contribution in [1.29, 1.82) is 0 Å². The van der Waals surface area contributed by atoms with E-state index in [1.165, 1.54) is 30.4 Å². The summed E-state index contributed by atoms with van der Waals surface area (Å²) in [7, 11) is 0. The Morgan fingerprint density at radius 3 is 2.67 bits per heavy atom. The van der Waals surface area contributed by atoms with E-state index in [4.69, 9.17) is 5.73 Å². The van der Waals surface area contributed by atoms with Gasteiger partial charge < -0.3 is 5.73 Å². The summed E-state index contributed by atoms with van der Waals surface area (Å²) in [6, 6.07) is 12.7. The number of nitrogen functional groups attached to an aromatic ring is 1. The second-order valence-electron chi connectivity index (χ2n) is 5.12. The van der Waals surface area contributed by atoms with Gasteiger partial charge in [-0.1, -0.05) is 24.6 Å². The van der Waals surface area contributed by atoms with Crippen LogP contribution in [0.2, 0.25) is 0 Å². The highest BCUT2D eigenvalue weighted by molar-refractivity contribution is 5.63. The summed E-state index contributed by atoms with van der Waals surface area (Å²) in [5, 5.41) is 0. The molecule has 2 heteroatoms. The monoisotopic (exact) mass is 238 g/mol. The van der Waals surface area contributed by atoms with Gasteiger partial charge in [-0.2, -0.15) is 0 Å². The lowest BCUT2D eigenvalue weighted by Crippen LogP contribution is -2.08. The number of aromatic nitrogens is 1. The van der Waals surface area contributed by atoms with Crippen molar-refractivity contribution in [2.75, 3.05) is 5.73 Å². The Hall–Kier alpha value is -1.83. The molecule has 1 aromatic carbocycles. The predicted molar refractivity (Wildman–Crippen MR) is 75.4 cm³/mol. The van der Waals surface area contributed by atoms with Crippen molar-refractivity contribution in [1.82, 2.24) is 4.98 Å². The average molecular weight is 238 g/mol. The second kappa shape index (κ2) is 4.45. The highest BCUT2D eigenvalue weighted by Crippen LogP contribution is 2.37. The van der Waals surface area contributed by atoms with Crippen molar-refractivity contribution < 1.29 is 0 Å². The molecule has 2 N–H and O–H groups in total. The Kier molecular flexibility index (Phi) is 2.78. The first kappa shape index (κ1) is 11.3. The molecule has 1 aliphatic carbocycles. The Bertz CT molecular complexity index is 571. The molecule has 1 fully saturated rings. The van der Waals surface area contributed by atoms with Crippen LogP contribution >= 0.6 is 0 Å². The SMILES string of the molecule is Cc1nc(-c2cccc(C3CCC3)c2)ccc1N. The summed E-state index contributed by atoms with van der Waals surface area (Å²) in [4.78, 5) is 4.56. The molecule has 1 aliphatic rings. The van der Waals surface area contributed by atoms with Crippen LogP contribution in [0.3, 0.4) is 0 Å². The van der Waals surface area contributed by atoms with Gasteiger partial charge in [-0.3, -0.25) is 4.98 Å². The summed E-state index contributed by atoms with van der Waals surface area (Å²) < 4.78 is 0. The fourth-order valence-electron chi connectivity index (χ4n) is 2.43. The quantitative estimate of drug-likeness (QED) is 0.861. The lowest BCUT2D eigenvalue weighted by Gasteiger charge is -2.26. The Labute approximate surface area is 108 Å². The molecule has 0 amide bonds. The molecular weight excluding hydrogens is 220 g/mol. The van der Waals surface area contributed by atoms with Crippen LogP contribution < -0.4 is 5.73 Å².